The number of aromatic nitrogens is 20. The van der Waals surface area contributed by atoms with Crippen LogP contribution in [0.2, 0.25) is 0 Å². The van der Waals surface area contributed by atoms with Crippen LogP contribution in [0.25, 0.3) is 111 Å². The van der Waals surface area contributed by atoms with E-state index in [1.807, 2.05) is 152 Å². The SMILES string of the molecule is CS(=O)(=O)N1CCC(Cn2ccc3nc(-c4cn[nH]c4)ccc32)CC1.O=S(=O)(C1CCCCC1)N1CCC(Cn2ccc3nc(-c4cn[nH]c4)ccc32)CC1.O=S(=O)(CCc1ccccc1)N1CCC(Cn2ccc3nc(-c4cn[nH]c4)ccc32)CC1.O=S(=O)(Cc1ccccc1)N1CCC(Cn2ccc3nc(-c4cn[nH]c4)ccc32)CC1.O=S(=O)(c1ccccc1)N1CCC(Cn2ccc3nc(-c4cn[nH]c4)ccc32)CC1. The van der Waals surface area contributed by atoms with Gasteiger partial charge in [-0.05, 0) is 227 Å². The number of aromatic amines is 5. The zero-order valence-electron chi connectivity index (χ0n) is 82.8. The van der Waals surface area contributed by atoms with Gasteiger partial charge >= 0.3 is 0 Å². The van der Waals surface area contributed by atoms with E-state index in [0.29, 0.717) is 106 Å². The van der Waals surface area contributed by atoms with Crippen LogP contribution in [0.5, 0.6) is 0 Å². The molecule has 18 aromatic rings. The van der Waals surface area contributed by atoms with E-state index in [2.05, 4.69) is 141 Å². The average Bonchev–Trinajstić information content (AvgIpc) is 1.78. The van der Waals surface area contributed by atoms with Crippen molar-refractivity contribution in [2.24, 2.45) is 29.6 Å². The highest BCUT2D eigenvalue weighted by atomic mass is 32.2. The van der Waals surface area contributed by atoms with Crippen molar-refractivity contribution in [2.75, 3.05) is 77.5 Å². The second kappa shape index (κ2) is 45.8. The summed E-state index contributed by atoms with van der Waals surface area (Å²) in [5.41, 5.74) is 21.6. The second-order valence-corrected chi connectivity index (χ2v) is 49.9. The molecule has 0 radical (unpaired) electrons. The van der Waals surface area contributed by atoms with Crippen LogP contribution in [0.3, 0.4) is 0 Å². The third kappa shape index (κ3) is 24.5. The lowest BCUT2D eigenvalue weighted by Crippen LogP contribution is -2.44. The van der Waals surface area contributed by atoms with Gasteiger partial charge in [0.1, 0.15) is 0 Å². The largest absolute Gasteiger partial charge is 0.346 e. The molecule has 6 fully saturated rings. The Labute approximate surface area is 862 Å². The Morgan fingerprint density at radius 3 is 0.858 bits per heavy atom. The number of fused-ring (bicyclic) bond motifs is 5. The van der Waals surface area contributed by atoms with Crippen LogP contribution >= 0.6 is 0 Å². The molecular weight excluding hydrogens is 1970 g/mol. The third-order valence-corrected chi connectivity index (χ3v) is 39.2. The molecule has 5 aliphatic heterocycles. The summed E-state index contributed by atoms with van der Waals surface area (Å²) in [7, 11) is -16.1. The van der Waals surface area contributed by atoms with Crippen LogP contribution < -0.4 is 0 Å². The van der Waals surface area contributed by atoms with Crippen molar-refractivity contribution in [3.63, 3.8) is 0 Å². The van der Waals surface area contributed by atoms with Crippen LogP contribution in [0, 0.1) is 29.6 Å². The Hall–Kier alpha value is -13.3. The summed E-state index contributed by atoms with van der Waals surface area (Å²) in [6.07, 6.45) is 44.1. The molecule has 772 valence electrons. The standard InChI is InChI=1S/C24H27N5O2S.C23H25N5O2S.C22H29N5O2S.C22H23N5O2S.C17H21N5O2S/c30-32(31,15-11-19-4-2-1-3-5-19)29-13-8-20(9-14-29)18-28-12-10-23-24(28)7-6-22(27-23)21-16-25-26-17-21;29-31(30,17-19-4-2-1-3-5-19)28-12-8-18(9-13-28)16-27-11-10-22-23(27)7-6-21(26-22)20-14-24-25-15-20;2*28-30(29,19-4-2-1-3-5-19)27-12-8-17(9-13-27)16-26-11-10-21-22(26)7-6-20(25-21)18-14-23-24-15-18;1-25(23,24)22-8-4-13(5-9-22)12-21-7-6-16-17(21)3-2-15(20-16)14-10-18-19-11-14/h1-7,10,12,16-17,20H,8-9,11,13-15,18H2,(H,25,26);1-7,10-11,14-15,18H,8-9,12-13,16-17H2,(H,24,25);6-7,10-11,14-15,17,19H,1-5,8-9,12-13,16H2,(H,23,24);1-7,10-11,14-15,17H,8-9,12-13,16H2,(H,23,24);2-3,6-7,10-11,13H,4-5,8-9,12H2,1H3,(H,18,19). The first-order valence-corrected chi connectivity index (χ1v) is 59.2. The van der Waals surface area contributed by atoms with Crippen molar-refractivity contribution < 1.29 is 42.1 Å². The summed E-state index contributed by atoms with van der Waals surface area (Å²) in [5.74, 6) is 2.58. The lowest BCUT2D eigenvalue weighted by atomic mass is 9.98. The van der Waals surface area contributed by atoms with Crippen LogP contribution in [-0.2, 0) is 95.0 Å². The Morgan fingerprint density at radius 1 is 0.284 bits per heavy atom. The zero-order chi connectivity index (χ0) is 102. The summed E-state index contributed by atoms with van der Waals surface area (Å²) in [4.78, 5) is 24.1. The molecule has 40 heteroatoms. The van der Waals surface area contributed by atoms with Gasteiger partial charge in [0.2, 0.25) is 50.1 Å². The lowest BCUT2D eigenvalue weighted by molar-refractivity contribution is 0.251. The molecule has 0 unspecified atom stereocenters. The number of hydrogen-bond acceptors (Lipinski definition) is 20. The van der Waals surface area contributed by atoms with Crippen molar-refractivity contribution in [1.82, 2.24) is 120 Å². The van der Waals surface area contributed by atoms with Crippen molar-refractivity contribution >= 4 is 105 Å². The summed E-state index contributed by atoms with van der Waals surface area (Å²) >= 11 is 0. The van der Waals surface area contributed by atoms with E-state index < -0.39 is 50.1 Å². The van der Waals surface area contributed by atoms with Gasteiger partial charge in [-0.25, -0.2) is 84.2 Å². The minimum atomic E-state index is -3.40. The van der Waals surface area contributed by atoms with Gasteiger partial charge in [-0.1, -0.05) is 98.1 Å². The Kier molecular flexibility index (Phi) is 31.6. The number of nitrogens with one attached hydrogen (secondary N) is 5. The summed E-state index contributed by atoms with van der Waals surface area (Å²) in [6.45, 7) is 10.5. The maximum atomic E-state index is 13.0. The number of hydrogen-bond donors (Lipinski definition) is 5. The Morgan fingerprint density at radius 2 is 0.561 bits per heavy atom. The van der Waals surface area contributed by atoms with Gasteiger partial charge in [0, 0.05) is 188 Å². The number of piperidine rings is 5. The maximum absolute atomic E-state index is 13.0. The highest BCUT2D eigenvalue weighted by Crippen LogP contribution is 2.37. The molecule has 5 N–H and O–H groups in total. The van der Waals surface area contributed by atoms with Crippen LogP contribution in [0.1, 0.15) is 107 Å². The first-order chi connectivity index (χ1) is 71.9. The van der Waals surface area contributed by atoms with Gasteiger partial charge in [-0.3, -0.25) is 25.5 Å². The molecule has 20 heterocycles. The Balaban J connectivity index is 0.000000112. The highest BCUT2D eigenvalue weighted by Gasteiger charge is 2.38. The van der Waals surface area contributed by atoms with Crippen molar-refractivity contribution in [3.05, 3.63) is 286 Å². The summed E-state index contributed by atoms with van der Waals surface area (Å²) in [6, 6.07) is 58.7. The molecule has 0 amide bonds. The first kappa shape index (κ1) is 102. The molecule has 5 saturated heterocycles. The van der Waals surface area contributed by atoms with Gasteiger partial charge in [0.15, 0.2) is 0 Å². The van der Waals surface area contributed by atoms with E-state index in [0.717, 1.165) is 245 Å². The quantitative estimate of drug-likeness (QED) is 0.0319. The molecular formula is C108H125N25O10S5. The summed E-state index contributed by atoms with van der Waals surface area (Å²) in [5, 5.41) is 33.9. The number of pyridine rings is 5. The predicted octanol–water partition coefficient (Wildman–Crippen LogP) is 16.8. The number of benzene rings is 3. The van der Waals surface area contributed by atoms with E-state index >= 15 is 0 Å². The molecule has 1 saturated carbocycles. The Bertz CT molecular complexity index is 8030. The van der Waals surface area contributed by atoms with Gasteiger partial charge in [0.25, 0.3) is 0 Å². The smallest absolute Gasteiger partial charge is 0.243 e. The maximum Gasteiger partial charge on any atom is 0.243 e. The molecule has 35 nitrogen and oxygen atoms in total. The van der Waals surface area contributed by atoms with Crippen molar-refractivity contribution in [1.29, 1.82) is 0 Å². The van der Waals surface area contributed by atoms with Crippen LogP contribution in [0.15, 0.2) is 280 Å². The van der Waals surface area contributed by atoms with E-state index in [-0.39, 0.29) is 16.8 Å². The fourth-order valence-electron chi connectivity index (χ4n) is 21.4. The minimum Gasteiger partial charge on any atom is -0.346 e. The molecule has 6 aliphatic rings. The van der Waals surface area contributed by atoms with Crippen LogP contribution in [-0.4, -0.2) is 245 Å². The van der Waals surface area contributed by atoms with E-state index in [4.69, 9.17) is 24.9 Å². The topological polar surface area (TPSA) is 419 Å². The van der Waals surface area contributed by atoms with E-state index in [9.17, 15) is 42.1 Å². The molecule has 148 heavy (non-hydrogen) atoms. The predicted molar refractivity (Wildman–Crippen MR) is 575 cm³/mol. The molecule has 3 aromatic carbocycles. The molecule has 15 aromatic heterocycles. The number of rotatable bonds is 27. The number of nitrogens with zero attached hydrogens (tertiary/aromatic N) is 20. The number of sulfonamides is 5. The fraction of sp³-hybridized carbons (Fsp3) is 0.370. The lowest BCUT2D eigenvalue weighted by Gasteiger charge is -2.35. The van der Waals surface area contributed by atoms with E-state index in [1.54, 1.807) is 76.8 Å². The molecule has 0 bridgehead atoms. The summed E-state index contributed by atoms with van der Waals surface area (Å²) < 4.78 is 145. The van der Waals surface area contributed by atoms with Gasteiger partial charge < -0.3 is 22.8 Å². The molecule has 0 atom stereocenters. The van der Waals surface area contributed by atoms with Gasteiger partial charge in [-0.15, -0.1) is 0 Å². The number of H-pyrrole nitrogens is 5. The van der Waals surface area contributed by atoms with Crippen molar-refractivity contribution in [3.8, 4) is 56.3 Å². The first-order valence-electron chi connectivity index (χ1n) is 51.2. The van der Waals surface area contributed by atoms with E-state index in [1.165, 1.54) is 12.7 Å². The molecule has 24 rings (SSSR count). The monoisotopic (exact) mass is 2090 g/mol. The number of aryl methyl sites for hydroxylation is 1. The molecule has 1 aliphatic carbocycles. The van der Waals surface area contributed by atoms with Gasteiger partial charge in [-0.2, -0.15) is 29.8 Å². The fourth-order valence-corrected chi connectivity index (χ4v) is 28.9. The van der Waals surface area contributed by atoms with Crippen molar-refractivity contribution in [2.45, 2.75) is 151 Å². The second-order valence-electron chi connectivity index (χ2n) is 39.7. The molecule has 0 spiro atoms. The van der Waals surface area contributed by atoms with Gasteiger partial charge in [0.05, 0.1) is 143 Å². The average molecular weight is 2090 g/mol. The normalized spacial score (nSPS) is 17.1. The zero-order valence-corrected chi connectivity index (χ0v) is 86.9. The minimum absolute atomic E-state index is 0.0748. The third-order valence-electron chi connectivity index (χ3n) is 29.9. The highest BCUT2D eigenvalue weighted by molar-refractivity contribution is 7.90. The van der Waals surface area contributed by atoms with Crippen LogP contribution in [0.4, 0.5) is 0 Å².